The standard InChI is InChI=1S/C13H19NO/c1-4-7-8-12(14-6-3)13-10-9-11(5-2)15-13/h1,9-10,12,14H,5-8H2,2-3H3. The first-order chi connectivity index (χ1) is 7.31. The molecule has 2 heteroatoms. The molecule has 0 spiro atoms. The minimum atomic E-state index is 0.256. The highest BCUT2D eigenvalue weighted by molar-refractivity contribution is 5.11. The molecule has 1 heterocycles. The molecule has 1 N–H and O–H groups in total. The molecule has 0 saturated heterocycles. The van der Waals surface area contributed by atoms with Crippen molar-refractivity contribution < 1.29 is 4.42 Å². The Bertz CT molecular complexity index is 322. The average Bonchev–Trinajstić information content (AvgIpc) is 2.72. The highest BCUT2D eigenvalue weighted by Crippen LogP contribution is 2.21. The van der Waals surface area contributed by atoms with Gasteiger partial charge >= 0.3 is 0 Å². The molecule has 0 aliphatic carbocycles. The van der Waals surface area contributed by atoms with E-state index < -0.39 is 0 Å². The van der Waals surface area contributed by atoms with Gasteiger partial charge in [0, 0.05) is 12.8 Å². The molecule has 1 unspecified atom stereocenters. The van der Waals surface area contributed by atoms with Crippen LogP contribution < -0.4 is 5.32 Å². The Morgan fingerprint density at radius 2 is 2.27 bits per heavy atom. The van der Waals surface area contributed by atoms with Crippen molar-refractivity contribution in [2.24, 2.45) is 0 Å². The summed E-state index contributed by atoms with van der Waals surface area (Å²) in [4.78, 5) is 0. The maximum Gasteiger partial charge on any atom is 0.121 e. The smallest absolute Gasteiger partial charge is 0.121 e. The van der Waals surface area contributed by atoms with Crippen molar-refractivity contribution >= 4 is 0 Å². The fourth-order valence-electron chi connectivity index (χ4n) is 1.59. The van der Waals surface area contributed by atoms with Crippen LogP contribution in [0.15, 0.2) is 16.5 Å². The lowest BCUT2D eigenvalue weighted by atomic mass is 10.1. The molecule has 1 aromatic rings. The molecule has 0 saturated carbocycles. The van der Waals surface area contributed by atoms with Crippen LogP contribution in [0.25, 0.3) is 0 Å². The summed E-state index contributed by atoms with van der Waals surface area (Å²) < 4.78 is 5.71. The van der Waals surface area contributed by atoms with E-state index in [1.165, 1.54) is 0 Å². The van der Waals surface area contributed by atoms with Gasteiger partial charge in [-0.15, -0.1) is 12.3 Å². The number of nitrogens with one attached hydrogen (secondary N) is 1. The third-order valence-electron chi connectivity index (χ3n) is 2.40. The molecular weight excluding hydrogens is 186 g/mol. The summed E-state index contributed by atoms with van der Waals surface area (Å²) in [5.41, 5.74) is 0. The highest BCUT2D eigenvalue weighted by atomic mass is 16.3. The zero-order valence-electron chi connectivity index (χ0n) is 9.55. The zero-order valence-corrected chi connectivity index (χ0v) is 9.55. The summed E-state index contributed by atoms with van der Waals surface area (Å²) in [5, 5.41) is 3.38. The van der Waals surface area contributed by atoms with E-state index in [1.54, 1.807) is 0 Å². The maximum absolute atomic E-state index is 5.71. The van der Waals surface area contributed by atoms with Crippen LogP contribution in [0.3, 0.4) is 0 Å². The molecule has 0 bridgehead atoms. The number of terminal acetylenes is 1. The molecule has 0 aromatic carbocycles. The summed E-state index contributed by atoms with van der Waals surface area (Å²) in [7, 11) is 0. The van der Waals surface area contributed by atoms with E-state index in [0.29, 0.717) is 0 Å². The van der Waals surface area contributed by atoms with Gasteiger partial charge in [-0.05, 0) is 25.1 Å². The molecule has 0 amide bonds. The van der Waals surface area contributed by atoms with Crippen LogP contribution in [-0.2, 0) is 6.42 Å². The molecule has 1 rings (SSSR count). The molecular formula is C13H19NO. The molecule has 82 valence electrons. The Kier molecular flexibility index (Phi) is 5.00. The second-order valence-electron chi connectivity index (χ2n) is 3.51. The molecule has 2 nitrogen and oxygen atoms in total. The SMILES string of the molecule is C#CCCC(NCC)c1ccc(CC)o1. The predicted octanol–water partition coefficient (Wildman–Crippen LogP) is 2.91. The maximum atomic E-state index is 5.71. The van der Waals surface area contributed by atoms with Crippen molar-refractivity contribution in [3.05, 3.63) is 23.7 Å². The Hall–Kier alpha value is -1.20. The minimum Gasteiger partial charge on any atom is -0.464 e. The van der Waals surface area contributed by atoms with Gasteiger partial charge in [0.2, 0.25) is 0 Å². The lowest BCUT2D eigenvalue weighted by Crippen LogP contribution is -2.20. The molecule has 1 aromatic heterocycles. The van der Waals surface area contributed by atoms with Crippen molar-refractivity contribution in [2.75, 3.05) is 6.54 Å². The Labute approximate surface area is 92.1 Å². The van der Waals surface area contributed by atoms with Gasteiger partial charge < -0.3 is 9.73 Å². The third kappa shape index (κ3) is 3.45. The van der Waals surface area contributed by atoms with Gasteiger partial charge in [-0.25, -0.2) is 0 Å². The van der Waals surface area contributed by atoms with E-state index in [4.69, 9.17) is 10.8 Å². The summed E-state index contributed by atoms with van der Waals surface area (Å²) in [6.45, 7) is 5.11. The lowest BCUT2D eigenvalue weighted by molar-refractivity contribution is 0.387. The Morgan fingerprint density at radius 3 is 2.80 bits per heavy atom. The monoisotopic (exact) mass is 205 g/mol. The lowest BCUT2D eigenvalue weighted by Gasteiger charge is -2.13. The topological polar surface area (TPSA) is 25.2 Å². The van der Waals surface area contributed by atoms with E-state index in [9.17, 15) is 0 Å². The van der Waals surface area contributed by atoms with Crippen LogP contribution in [0.1, 0.15) is 44.3 Å². The van der Waals surface area contributed by atoms with Gasteiger partial charge in [0.25, 0.3) is 0 Å². The highest BCUT2D eigenvalue weighted by Gasteiger charge is 2.13. The zero-order chi connectivity index (χ0) is 11.1. The molecule has 0 fully saturated rings. The second kappa shape index (κ2) is 6.31. The molecule has 1 atom stereocenters. The van der Waals surface area contributed by atoms with Gasteiger partial charge in [-0.1, -0.05) is 13.8 Å². The van der Waals surface area contributed by atoms with Crippen LogP contribution in [0.5, 0.6) is 0 Å². The first-order valence-corrected chi connectivity index (χ1v) is 5.57. The van der Waals surface area contributed by atoms with E-state index in [2.05, 4.69) is 25.1 Å². The number of rotatable bonds is 6. The molecule has 0 radical (unpaired) electrons. The fourth-order valence-corrected chi connectivity index (χ4v) is 1.59. The number of aryl methyl sites for hydroxylation is 1. The van der Waals surface area contributed by atoms with Crippen LogP contribution >= 0.6 is 0 Å². The first-order valence-electron chi connectivity index (χ1n) is 5.57. The van der Waals surface area contributed by atoms with E-state index >= 15 is 0 Å². The van der Waals surface area contributed by atoms with Gasteiger partial charge in [-0.2, -0.15) is 0 Å². The third-order valence-corrected chi connectivity index (χ3v) is 2.40. The van der Waals surface area contributed by atoms with Gasteiger partial charge in [0.05, 0.1) is 6.04 Å². The average molecular weight is 205 g/mol. The van der Waals surface area contributed by atoms with Gasteiger partial charge in [0.15, 0.2) is 0 Å². The normalized spacial score (nSPS) is 12.3. The summed E-state index contributed by atoms with van der Waals surface area (Å²) in [6.07, 6.45) is 7.92. The second-order valence-corrected chi connectivity index (χ2v) is 3.51. The Morgan fingerprint density at radius 1 is 1.47 bits per heavy atom. The van der Waals surface area contributed by atoms with Crippen molar-refractivity contribution in [2.45, 2.75) is 39.2 Å². The van der Waals surface area contributed by atoms with Crippen molar-refractivity contribution in [1.29, 1.82) is 0 Å². The van der Waals surface area contributed by atoms with Crippen molar-refractivity contribution in [1.82, 2.24) is 5.32 Å². The molecule has 0 aliphatic heterocycles. The van der Waals surface area contributed by atoms with E-state index in [-0.39, 0.29) is 6.04 Å². The largest absolute Gasteiger partial charge is 0.464 e. The van der Waals surface area contributed by atoms with Crippen LogP contribution in [0.2, 0.25) is 0 Å². The summed E-state index contributed by atoms with van der Waals surface area (Å²) >= 11 is 0. The van der Waals surface area contributed by atoms with Crippen LogP contribution in [0.4, 0.5) is 0 Å². The molecule has 0 aliphatic rings. The number of hydrogen-bond donors (Lipinski definition) is 1. The first kappa shape index (κ1) is 11.9. The van der Waals surface area contributed by atoms with Crippen LogP contribution in [-0.4, -0.2) is 6.54 Å². The number of hydrogen-bond acceptors (Lipinski definition) is 2. The fraction of sp³-hybridized carbons (Fsp3) is 0.538. The quantitative estimate of drug-likeness (QED) is 0.722. The van der Waals surface area contributed by atoms with Crippen molar-refractivity contribution in [3.8, 4) is 12.3 Å². The van der Waals surface area contributed by atoms with Crippen molar-refractivity contribution in [3.63, 3.8) is 0 Å². The van der Waals surface area contributed by atoms with Crippen LogP contribution in [0, 0.1) is 12.3 Å². The van der Waals surface area contributed by atoms with E-state index in [1.807, 2.05) is 12.1 Å². The van der Waals surface area contributed by atoms with E-state index in [0.717, 1.165) is 37.3 Å². The van der Waals surface area contributed by atoms with Gasteiger partial charge in [-0.3, -0.25) is 0 Å². The molecule has 15 heavy (non-hydrogen) atoms. The summed E-state index contributed by atoms with van der Waals surface area (Å²) in [6, 6.07) is 4.34. The predicted molar refractivity (Wildman–Crippen MR) is 62.6 cm³/mol. The van der Waals surface area contributed by atoms with Gasteiger partial charge in [0.1, 0.15) is 11.5 Å². The number of furan rings is 1. The minimum absolute atomic E-state index is 0.256. The summed E-state index contributed by atoms with van der Waals surface area (Å²) in [5.74, 6) is 4.70. The Balaban J connectivity index is 2.65.